The average Bonchev–Trinajstić information content (AvgIpc) is 1.63. The summed E-state index contributed by atoms with van der Waals surface area (Å²) in [5.74, 6) is -0.903. The van der Waals surface area contributed by atoms with Gasteiger partial charge in [-0.05, 0) is 6.92 Å². The molecule has 2 atom stereocenters. The molecule has 64 valence electrons. The monoisotopic (exact) mass is 212 g/mol. The van der Waals surface area contributed by atoms with Crippen molar-refractivity contribution >= 4 is 5.97 Å². The summed E-state index contributed by atoms with van der Waals surface area (Å²) < 4.78 is 0. The van der Waals surface area contributed by atoms with Gasteiger partial charge in [0.1, 0.15) is 0 Å². The van der Waals surface area contributed by atoms with E-state index in [9.17, 15) is 4.79 Å². The van der Waals surface area contributed by atoms with Gasteiger partial charge in [0, 0.05) is 29.2 Å². The van der Waals surface area contributed by atoms with E-state index in [1.54, 1.807) is 6.92 Å². The smallest absolute Gasteiger partial charge is 1.00 e. The third-order valence-corrected chi connectivity index (χ3v) is 1.09. The number of nitrogens with two attached hydrogens (primary N) is 2. The number of carboxylic acids is 1. The van der Waals surface area contributed by atoms with E-state index in [0.29, 0.717) is 0 Å². The first-order chi connectivity index (χ1) is 4.04. The summed E-state index contributed by atoms with van der Waals surface area (Å²) in [5, 5.41) is 8.20. The Morgan fingerprint density at radius 3 is 2.09 bits per heavy atom. The molecule has 0 aromatic heterocycles. The molecule has 0 heterocycles. The van der Waals surface area contributed by atoms with Gasteiger partial charge >= 0.3 is 35.5 Å². The molecule has 0 spiro atoms. The molecule has 0 radical (unpaired) electrons. The summed E-state index contributed by atoms with van der Waals surface area (Å²) in [6, 6.07) is -0.677. The van der Waals surface area contributed by atoms with Crippen LogP contribution < -0.4 is 41.0 Å². The summed E-state index contributed by atoms with van der Waals surface area (Å²) in [7, 11) is 0. The van der Waals surface area contributed by atoms with Crippen LogP contribution in [0.5, 0.6) is 0 Å². The Labute approximate surface area is 100 Å². The Morgan fingerprint density at radius 2 is 2.00 bits per heavy atom. The number of carboxylic acid groups (broad SMARTS) is 1. The second-order valence-corrected chi connectivity index (χ2v) is 2.12. The molecule has 11 heavy (non-hydrogen) atoms. The molecule has 0 saturated heterocycles. The maximum atomic E-state index is 9.98. The van der Waals surface area contributed by atoms with Gasteiger partial charge in [0.05, 0.1) is 6.42 Å². The quantitative estimate of drug-likeness (QED) is 0.419. The van der Waals surface area contributed by atoms with Crippen LogP contribution in [-0.2, 0) is 21.9 Å². The van der Waals surface area contributed by atoms with E-state index in [1.165, 1.54) is 0 Å². The van der Waals surface area contributed by atoms with Crippen molar-refractivity contribution in [3.63, 3.8) is 0 Å². The fraction of sp³-hybridized carbons (Fsp3) is 0.800. The predicted octanol–water partition coefficient (Wildman–Crippen LogP) is -3.75. The third kappa shape index (κ3) is 10.9. The van der Waals surface area contributed by atoms with Crippen LogP contribution in [0.1, 0.15) is 14.8 Å². The van der Waals surface area contributed by atoms with Gasteiger partial charge < -0.3 is 18.0 Å². The van der Waals surface area contributed by atoms with Crippen LogP contribution in [0.4, 0.5) is 0 Å². The maximum absolute atomic E-state index is 9.98. The molecule has 2 unspecified atom stereocenters. The normalized spacial score (nSPS) is 13.7. The topological polar surface area (TPSA) is 89.3 Å². The second-order valence-electron chi connectivity index (χ2n) is 2.12. The van der Waals surface area contributed by atoms with Crippen LogP contribution in [0.2, 0.25) is 0 Å². The largest absolute Gasteiger partial charge is 1.00 e. The SMILES string of the molecule is CC(N)C(N)CC(=O)O.[Fe].[H-].[Na+]. The van der Waals surface area contributed by atoms with Crippen molar-refractivity contribution in [3.05, 3.63) is 0 Å². The van der Waals surface area contributed by atoms with E-state index >= 15 is 0 Å². The Balaban J connectivity index is -0.000000107. The molecule has 0 fully saturated rings. The van der Waals surface area contributed by atoms with Crippen LogP contribution in [0.3, 0.4) is 0 Å². The number of carbonyl (C=O) groups is 1. The van der Waals surface area contributed by atoms with Gasteiger partial charge in [0.25, 0.3) is 0 Å². The van der Waals surface area contributed by atoms with Gasteiger partial charge in [-0.3, -0.25) is 4.79 Å². The van der Waals surface area contributed by atoms with E-state index in [4.69, 9.17) is 16.6 Å². The zero-order chi connectivity index (χ0) is 7.44. The average molecular weight is 212 g/mol. The molecule has 0 aliphatic carbocycles. The maximum Gasteiger partial charge on any atom is 1.00 e. The van der Waals surface area contributed by atoms with Crippen molar-refractivity contribution in [1.29, 1.82) is 0 Å². The fourth-order valence-electron chi connectivity index (χ4n) is 0.388. The van der Waals surface area contributed by atoms with Crippen molar-refractivity contribution in [3.8, 4) is 0 Å². The van der Waals surface area contributed by atoms with Crippen molar-refractivity contribution in [2.24, 2.45) is 11.5 Å². The van der Waals surface area contributed by atoms with Crippen molar-refractivity contribution in [2.45, 2.75) is 25.4 Å². The van der Waals surface area contributed by atoms with E-state index in [1.807, 2.05) is 0 Å². The van der Waals surface area contributed by atoms with Gasteiger partial charge in [-0.15, -0.1) is 0 Å². The Kier molecular flexibility index (Phi) is 14.6. The molecule has 0 aliphatic heterocycles. The van der Waals surface area contributed by atoms with E-state index in [0.717, 1.165) is 0 Å². The van der Waals surface area contributed by atoms with Gasteiger partial charge in [0.15, 0.2) is 0 Å². The first-order valence-electron chi connectivity index (χ1n) is 2.77. The minimum Gasteiger partial charge on any atom is -1.00 e. The molecular formula is C5H13FeN2NaO2. The van der Waals surface area contributed by atoms with Gasteiger partial charge in [-0.2, -0.15) is 0 Å². The molecule has 0 bridgehead atoms. The van der Waals surface area contributed by atoms with Gasteiger partial charge in [-0.1, -0.05) is 0 Å². The van der Waals surface area contributed by atoms with Crippen LogP contribution in [-0.4, -0.2) is 23.2 Å². The minimum atomic E-state index is -0.903. The summed E-state index contributed by atoms with van der Waals surface area (Å²) in [4.78, 5) is 9.98. The summed E-state index contributed by atoms with van der Waals surface area (Å²) in [6.07, 6.45) is -0.0579. The molecule has 0 aliphatic rings. The molecule has 6 heteroatoms. The second kappa shape index (κ2) is 9.00. The third-order valence-electron chi connectivity index (χ3n) is 1.09. The molecular weight excluding hydrogens is 199 g/mol. The van der Waals surface area contributed by atoms with Crippen LogP contribution in [0.25, 0.3) is 0 Å². The van der Waals surface area contributed by atoms with Crippen molar-refractivity contribution in [1.82, 2.24) is 0 Å². The van der Waals surface area contributed by atoms with Crippen LogP contribution >= 0.6 is 0 Å². The molecule has 5 N–H and O–H groups in total. The van der Waals surface area contributed by atoms with E-state index in [-0.39, 0.29) is 60.5 Å². The first kappa shape index (κ1) is 17.9. The van der Waals surface area contributed by atoms with E-state index < -0.39 is 12.0 Å². The molecule has 0 rings (SSSR count). The predicted molar refractivity (Wildman–Crippen MR) is 35.0 cm³/mol. The number of aliphatic carboxylic acids is 1. The van der Waals surface area contributed by atoms with Gasteiger partial charge in [0.2, 0.25) is 0 Å². The first-order valence-corrected chi connectivity index (χ1v) is 2.77. The Bertz CT molecular complexity index is 118. The number of rotatable bonds is 3. The van der Waals surface area contributed by atoms with E-state index in [2.05, 4.69) is 0 Å². The number of hydrogen-bond acceptors (Lipinski definition) is 3. The molecule has 0 aromatic carbocycles. The van der Waals surface area contributed by atoms with Crippen molar-refractivity contribution < 1.29 is 58.0 Å². The van der Waals surface area contributed by atoms with Gasteiger partial charge in [-0.25, -0.2) is 0 Å². The Hall–Kier alpha value is 0.909. The summed E-state index contributed by atoms with van der Waals surface area (Å²) >= 11 is 0. The summed E-state index contributed by atoms with van der Waals surface area (Å²) in [5.41, 5.74) is 10.6. The number of hydrogen-bond donors (Lipinski definition) is 3. The minimum absolute atomic E-state index is 0. The molecule has 4 nitrogen and oxygen atoms in total. The van der Waals surface area contributed by atoms with Crippen LogP contribution in [0.15, 0.2) is 0 Å². The standard InChI is InChI=1S/C5H12N2O2.Fe.Na.H/c1-3(6)4(7)2-5(8)9;;;/h3-4H,2,6-7H2,1H3,(H,8,9);;;/q;;+1;-1. The zero-order valence-corrected chi connectivity index (χ0v) is 9.83. The Morgan fingerprint density at radius 1 is 1.64 bits per heavy atom. The zero-order valence-electron chi connectivity index (χ0n) is 7.73. The summed E-state index contributed by atoms with van der Waals surface area (Å²) in [6.45, 7) is 1.69. The van der Waals surface area contributed by atoms with Crippen molar-refractivity contribution in [2.75, 3.05) is 0 Å². The molecule has 0 amide bonds. The van der Waals surface area contributed by atoms with Crippen LogP contribution in [0, 0.1) is 0 Å². The fourth-order valence-corrected chi connectivity index (χ4v) is 0.388. The molecule has 0 saturated carbocycles. The molecule has 0 aromatic rings.